The molecule has 3 aromatic rings. The van der Waals surface area contributed by atoms with E-state index in [4.69, 9.17) is 9.47 Å². The fraction of sp³-hybridized carbons (Fsp3) is 0.231. The number of hydrogen-bond donors (Lipinski definition) is 1. The first-order valence-corrected chi connectivity index (χ1v) is 10.3. The molecule has 0 fully saturated rings. The second kappa shape index (κ2) is 8.04. The number of rotatable bonds is 6. The average Bonchev–Trinajstić information content (AvgIpc) is 3.28. The summed E-state index contributed by atoms with van der Waals surface area (Å²) in [6.45, 7) is 1.05. The molecular weight excluding hydrogens is 358 g/mol. The predicted octanol–water partition coefficient (Wildman–Crippen LogP) is 5.97. The van der Waals surface area contributed by atoms with E-state index in [1.165, 1.54) is 16.8 Å². The lowest BCUT2D eigenvalue weighted by atomic mass is 9.77. The Labute approximate surface area is 172 Å². The van der Waals surface area contributed by atoms with Gasteiger partial charge in [-0.15, -0.1) is 0 Å². The summed E-state index contributed by atoms with van der Waals surface area (Å²) in [6.07, 6.45) is 5.79. The molecule has 29 heavy (non-hydrogen) atoms. The molecule has 1 heterocycles. The second-order valence-corrected chi connectivity index (χ2v) is 7.65. The maximum atomic E-state index is 5.98. The Hall–Kier alpha value is -3.20. The molecule has 0 amide bonds. The van der Waals surface area contributed by atoms with Crippen molar-refractivity contribution in [3.63, 3.8) is 0 Å². The Bertz CT molecular complexity index is 984. The number of ether oxygens (including phenoxy) is 2. The van der Waals surface area contributed by atoms with Gasteiger partial charge >= 0.3 is 0 Å². The van der Waals surface area contributed by atoms with Gasteiger partial charge in [0.2, 0.25) is 0 Å². The first-order valence-electron chi connectivity index (χ1n) is 10.3. The first kappa shape index (κ1) is 17.9. The first-order chi connectivity index (χ1) is 14.4. The van der Waals surface area contributed by atoms with E-state index in [9.17, 15) is 0 Å². The van der Waals surface area contributed by atoms with Crippen molar-refractivity contribution in [2.75, 3.05) is 18.5 Å². The topological polar surface area (TPSA) is 30.5 Å². The van der Waals surface area contributed by atoms with Crippen molar-refractivity contribution in [3.8, 4) is 11.5 Å². The number of hydrogen-bond acceptors (Lipinski definition) is 3. The molecule has 1 N–H and O–H groups in total. The predicted molar refractivity (Wildman–Crippen MR) is 117 cm³/mol. The SMILES string of the molecule is C1=CC2c3cc(OCCOc4ccccc4)ccc3NC(c3ccccc3)C2C1. The van der Waals surface area contributed by atoms with Gasteiger partial charge in [0.15, 0.2) is 0 Å². The molecule has 146 valence electrons. The Morgan fingerprint density at radius 2 is 1.52 bits per heavy atom. The van der Waals surface area contributed by atoms with Gasteiger partial charge < -0.3 is 14.8 Å². The molecule has 3 nitrogen and oxygen atoms in total. The molecule has 3 atom stereocenters. The van der Waals surface area contributed by atoms with E-state index >= 15 is 0 Å². The molecule has 2 aliphatic rings. The summed E-state index contributed by atoms with van der Waals surface area (Å²) < 4.78 is 11.7. The maximum absolute atomic E-state index is 5.98. The monoisotopic (exact) mass is 383 g/mol. The maximum Gasteiger partial charge on any atom is 0.122 e. The van der Waals surface area contributed by atoms with Crippen molar-refractivity contribution < 1.29 is 9.47 Å². The van der Waals surface area contributed by atoms with Gasteiger partial charge in [-0.2, -0.15) is 0 Å². The van der Waals surface area contributed by atoms with Crippen molar-refractivity contribution in [1.82, 2.24) is 0 Å². The van der Waals surface area contributed by atoms with Gasteiger partial charge in [0.1, 0.15) is 24.7 Å². The zero-order chi connectivity index (χ0) is 19.5. The number of para-hydroxylation sites is 1. The van der Waals surface area contributed by atoms with Crippen molar-refractivity contribution in [2.45, 2.75) is 18.4 Å². The molecule has 0 bridgehead atoms. The van der Waals surface area contributed by atoms with Crippen LogP contribution < -0.4 is 14.8 Å². The van der Waals surface area contributed by atoms with Crippen LogP contribution in [0.2, 0.25) is 0 Å². The third-order valence-electron chi connectivity index (χ3n) is 5.86. The van der Waals surface area contributed by atoms with Crippen LogP contribution in [0.25, 0.3) is 0 Å². The summed E-state index contributed by atoms with van der Waals surface area (Å²) in [5.41, 5.74) is 3.90. The van der Waals surface area contributed by atoms with Gasteiger partial charge in [-0.05, 0) is 53.8 Å². The third-order valence-corrected chi connectivity index (χ3v) is 5.86. The number of anilines is 1. The minimum absolute atomic E-state index is 0.342. The van der Waals surface area contributed by atoms with Crippen molar-refractivity contribution in [3.05, 3.63) is 102 Å². The van der Waals surface area contributed by atoms with Gasteiger partial charge in [0, 0.05) is 11.6 Å². The molecule has 3 heteroatoms. The summed E-state index contributed by atoms with van der Waals surface area (Å²) in [7, 11) is 0. The lowest BCUT2D eigenvalue weighted by Gasteiger charge is -2.37. The van der Waals surface area contributed by atoms with Gasteiger partial charge in [0.25, 0.3) is 0 Å². The van der Waals surface area contributed by atoms with Crippen LogP contribution in [0, 0.1) is 5.92 Å². The Morgan fingerprint density at radius 3 is 2.31 bits per heavy atom. The highest BCUT2D eigenvalue weighted by Crippen LogP contribution is 2.50. The summed E-state index contributed by atoms with van der Waals surface area (Å²) >= 11 is 0. The Balaban J connectivity index is 1.29. The average molecular weight is 383 g/mol. The minimum atomic E-state index is 0.342. The second-order valence-electron chi connectivity index (χ2n) is 7.65. The normalized spacial score (nSPS) is 21.7. The van der Waals surface area contributed by atoms with Crippen molar-refractivity contribution in [1.29, 1.82) is 0 Å². The van der Waals surface area contributed by atoms with E-state index in [1.807, 2.05) is 30.3 Å². The van der Waals surface area contributed by atoms with E-state index in [0.29, 0.717) is 31.1 Å². The highest BCUT2D eigenvalue weighted by atomic mass is 16.5. The Morgan fingerprint density at radius 1 is 0.793 bits per heavy atom. The van der Waals surface area contributed by atoms with Crippen molar-refractivity contribution in [2.24, 2.45) is 5.92 Å². The van der Waals surface area contributed by atoms with Crippen LogP contribution in [0.5, 0.6) is 11.5 Å². The molecule has 3 aromatic carbocycles. The van der Waals surface area contributed by atoms with Gasteiger partial charge in [-0.3, -0.25) is 0 Å². The number of nitrogens with one attached hydrogen (secondary N) is 1. The largest absolute Gasteiger partial charge is 0.490 e. The molecule has 0 saturated carbocycles. The number of benzene rings is 3. The number of fused-ring (bicyclic) bond motifs is 3. The van der Waals surface area contributed by atoms with Crippen LogP contribution in [0.1, 0.15) is 29.5 Å². The summed E-state index contributed by atoms with van der Waals surface area (Å²) in [5.74, 6) is 2.75. The summed E-state index contributed by atoms with van der Waals surface area (Å²) in [5, 5.41) is 3.78. The molecule has 1 aliphatic carbocycles. The molecular formula is C26H25NO2. The highest BCUT2D eigenvalue weighted by molar-refractivity contribution is 5.61. The van der Waals surface area contributed by atoms with Crippen LogP contribution >= 0.6 is 0 Å². The van der Waals surface area contributed by atoms with Gasteiger partial charge in [-0.1, -0.05) is 60.7 Å². The standard InChI is InChI=1S/C26H25NO2/c1-3-8-19(9-4-1)26-23-13-7-12-22(23)24-18-21(14-15-25(24)27-26)29-17-16-28-20-10-5-2-6-11-20/h1-12,14-15,18,22-23,26-27H,13,16-17H2. The van der Waals surface area contributed by atoms with Crippen molar-refractivity contribution >= 4 is 5.69 Å². The van der Waals surface area contributed by atoms with Crippen LogP contribution in [0.3, 0.4) is 0 Å². The fourth-order valence-electron chi connectivity index (χ4n) is 4.49. The molecule has 1 aliphatic heterocycles. The molecule has 0 saturated heterocycles. The quantitative estimate of drug-likeness (QED) is 0.420. The van der Waals surface area contributed by atoms with Gasteiger partial charge in [0.05, 0.1) is 6.04 Å². The van der Waals surface area contributed by atoms with Crippen LogP contribution in [-0.2, 0) is 0 Å². The van der Waals surface area contributed by atoms with E-state index in [2.05, 4.69) is 66.0 Å². The smallest absolute Gasteiger partial charge is 0.122 e. The summed E-state index contributed by atoms with van der Waals surface area (Å²) in [6, 6.07) is 27.4. The molecule has 0 aromatic heterocycles. The lowest BCUT2D eigenvalue weighted by Crippen LogP contribution is -2.29. The molecule has 3 unspecified atom stereocenters. The third kappa shape index (κ3) is 3.73. The van der Waals surface area contributed by atoms with E-state index < -0.39 is 0 Å². The van der Waals surface area contributed by atoms with Crippen LogP contribution in [0.4, 0.5) is 5.69 Å². The molecule has 0 radical (unpaired) electrons. The zero-order valence-electron chi connectivity index (χ0n) is 16.3. The summed E-state index contributed by atoms with van der Waals surface area (Å²) in [4.78, 5) is 0. The van der Waals surface area contributed by atoms with Gasteiger partial charge in [-0.25, -0.2) is 0 Å². The van der Waals surface area contributed by atoms with E-state index in [1.54, 1.807) is 0 Å². The van der Waals surface area contributed by atoms with Crippen LogP contribution in [-0.4, -0.2) is 13.2 Å². The molecule has 0 spiro atoms. The highest BCUT2D eigenvalue weighted by Gasteiger charge is 2.37. The van der Waals surface area contributed by atoms with Crippen LogP contribution in [0.15, 0.2) is 91.0 Å². The van der Waals surface area contributed by atoms with E-state index in [-0.39, 0.29) is 0 Å². The fourth-order valence-corrected chi connectivity index (χ4v) is 4.49. The van der Waals surface area contributed by atoms with E-state index in [0.717, 1.165) is 17.9 Å². The lowest BCUT2D eigenvalue weighted by molar-refractivity contribution is 0.217. The number of allylic oxidation sites excluding steroid dienone is 2. The zero-order valence-corrected chi connectivity index (χ0v) is 16.3. The Kier molecular flexibility index (Phi) is 4.95. The molecule has 5 rings (SSSR count). The minimum Gasteiger partial charge on any atom is -0.490 e.